The van der Waals surface area contributed by atoms with E-state index in [9.17, 15) is 9.90 Å². The number of allylic oxidation sites excluding steroid dienone is 1. The second-order valence-electron chi connectivity index (χ2n) is 6.33. The van der Waals surface area contributed by atoms with Crippen LogP contribution in [-0.2, 0) is 10.5 Å². The van der Waals surface area contributed by atoms with Crippen LogP contribution in [0.5, 0.6) is 0 Å². The first kappa shape index (κ1) is 18.4. The third kappa shape index (κ3) is 4.52. The molecule has 0 amide bonds. The Labute approximate surface area is 150 Å². The molecule has 1 aromatic rings. The lowest BCUT2D eigenvalue weighted by atomic mass is 9.77. The maximum absolute atomic E-state index is 12.4. The van der Waals surface area contributed by atoms with E-state index in [2.05, 4.69) is 4.99 Å². The van der Waals surface area contributed by atoms with E-state index in [1.54, 1.807) is 19.2 Å². The summed E-state index contributed by atoms with van der Waals surface area (Å²) in [5.41, 5.74) is 1.13. The largest absolute Gasteiger partial charge is 0.511 e. The molecule has 0 unspecified atom stereocenters. The van der Waals surface area contributed by atoms with Crippen LogP contribution in [0.15, 0.2) is 34.5 Å². The van der Waals surface area contributed by atoms with Crippen LogP contribution in [0.3, 0.4) is 0 Å². The van der Waals surface area contributed by atoms with Gasteiger partial charge in [0.15, 0.2) is 5.78 Å². The normalized spacial score (nSPS) is 18.5. The van der Waals surface area contributed by atoms with Gasteiger partial charge in [-0.05, 0) is 23.1 Å². The Morgan fingerprint density at radius 2 is 2.00 bits per heavy atom. The number of rotatable bonds is 3. The van der Waals surface area contributed by atoms with Crippen LogP contribution < -0.4 is 0 Å². The van der Waals surface area contributed by atoms with E-state index in [4.69, 9.17) is 23.2 Å². The van der Waals surface area contributed by atoms with Crippen LogP contribution in [0.4, 0.5) is 0 Å². The molecule has 2 rings (SSSR count). The van der Waals surface area contributed by atoms with Crippen molar-refractivity contribution >= 4 is 45.8 Å². The summed E-state index contributed by atoms with van der Waals surface area (Å²) in [4.78, 5) is 16.6. The SMILES string of the molecule is CN=C(SCc1ccc(Cl)c(Cl)c1)C1=C(O)CC(C)(C)CC1=O. The second kappa shape index (κ2) is 7.29. The zero-order valence-electron chi connectivity index (χ0n) is 13.3. The van der Waals surface area contributed by atoms with E-state index >= 15 is 0 Å². The maximum Gasteiger partial charge on any atom is 0.169 e. The Bertz CT molecular complexity index is 696. The molecule has 3 nitrogen and oxygen atoms in total. The zero-order valence-corrected chi connectivity index (χ0v) is 15.6. The number of hydrogen-bond acceptors (Lipinski definition) is 4. The standard InChI is InChI=1S/C17H19Cl2NO2S/c1-17(2)7-13(21)15(14(22)8-17)16(20-3)23-9-10-4-5-11(18)12(19)6-10/h4-6,21H,7-9H2,1-3H3. The van der Waals surface area contributed by atoms with Crippen LogP contribution in [0.25, 0.3) is 0 Å². The number of nitrogens with zero attached hydrogens (tertiary/aromatic N) is 1. The van der Waals surface area contributed by atoms with Crippen molar-refractivity contribution in [2.75, 3.05) is 7.05 Å². The molecule has 0 spiro atoms. The summed E-state index contributed by atoms with van der Waals surface area (Å²) in [5.74, 6) is 0.672. The molecule has 1 aliphatic rings. The van der Waals surface area contributed by atoms with Crippen molar-refractivity contribution in [3.8, 4) is 0 Å². The van der Waals surface area contributed by atoms with Crippen LogP contribution >= 0.6 is 35.0 Å². The Balaban J connectivity index is 2.17. The number of benzene rings is 1. The topological polar surface area (TPSA) is 49.7 Å². The smallest absolute Gasteiger partial charge is 0.169 e. The van der Waals surface area contributed by atoms with E-state index in [1.807, 2.05) is 19.9 Å². The first-order valence-electron chi connectivity index (χ1n) is 7.23. The predicted octanol–water partition coefficient (Wildman–Crippen LogP) is 5.46. The zero-order chi connectivity index (χ0) is 17.2. The molecule has 1 aromatic carbocycles. The number of aliphatic hydroxyl groups excluding tert-OH is 1. The maximum atomic E-state index is 12.4. The molecule has 124 valence electrons. The first-order valence-corrected chi connectivity index (χ1v) is 8.97. The summed E-state index contributed by atoms with van der Waals surface area (Å²) in [5, 5.41) is 11.9. The fourth-order valence-electron chi connectivity index (χ4n) is 2.56. The lowest BCUT2D eigenvalue weighted by Gasteiger charge is -2.29. The minimum Gasteiger partial charge on any atom is -0.511 e. The molecule has 0 bridgehead atoms. The van der Waals surface area contributed by atoms with Crippen molar-refractivity contribution in [1.82, 2.24) is 0 Å². The molecule has 1 N–H and O–H groups in total. The summed E-state index contributed by atoms with van der Waals surface area (Å²) < 4.78 is 0. The van der Waals surface area contributed by atoms with Crippen molar-refractivity contribution in [3.63, 3.8) is 0 Å². The molecule has 1 aliphatic carbocycles. The molecule has 0 saturated heterocycles. The van der Waals surface area contributed by atoms with E-state index in [1.165, 1.54) is 11.8 Å². The number of aliphatic hydroxyl groups is 1. The molecule has 23 heavy (non-hydrogen) atoms. The third-order valence-corrected chi connectivity index (χ3v) is 5.51. The molecular formula is C17H19Cl2NO2S. The first-order chi connectivity index (χ1) is 10.7. The Morgan fingerprint density at radius 3 is 2.57 bits per heavy atom. The fraction of sp³-hybridized carbons (Fsp3) is 0.412. The molecule has 0 saturated carbocycles. The minimum absolute atomic E-state index is 0.0546. The highest BCUT2D eigenvalue weighted by atomic mass is 35.5. The van der Waals surface area contributed by atoms with Crippen LogP contribution in [0, 0.1) is 5.41 Å². The minimum atomic E-state index is -0.210. The van der Waals surface area contributed by atoms with Gasteiger partial charge in [0.05, 0.1) is 15.6 Å². The Kier molecular flexibility index (Phi) is 5.82. The lowest BCUT2D eigenvalue weighted by Crippen LogP contribution is -2.28. The third-order valence-electron chi connectivity index (χ3n) is 3.63. The van der Waals surface area contributed by atoms with E-state index in [0.29, 0.717) is 39.3 Å². The summed E-state index contributed by atoms with van der Waals surface area (Å²) in [6.07, 6.45) is 0.902. The average Bonchev–Trinajstić information content (AvgIpc) is 2.44. The van der Waals surface area contributed by atoms with Crippen molar-refractivity contribution in [3.05, 3.63) is 45.1 Å². The van der Waals surface area contributed by atoms with Gasteiger partial charge in [-0.3, -0.25) is 9.79 Å². The Hall–Kier alpha value is -0.970. The number of carbonyl (C=O) groups is 1. The van der Waals surface area contributed by atoms with E-state index < -0.39 is 0 Å². The molecule has 0 aromatic heterocycles. The summed E-state index contributed by atoms with van der Waals surface area (Å²) >= 11 is 13.3. The fourth-order valence-corrected chi connectivity index (χ4v) is 3.87. The summed E-state index contributed by atoms with van der Waals surface area (Å²) in [6.45, 7) is 3.95. The van der Waals surface area contributed by atoms with Gasteiger partial charge < -0.3 is 5.11 Å². The monoisotopic (exact) mass is 371 g/mol. The van der Waals surface area contributed by atoms with Gasteiger partial charge in [0, 0.05) is 25.6 Å². The van der Waals surface area contributed by atoms with Crippen LogP contribution in [0.1, 0.15) is 32.3 Å². The molecule has 0 atom stereocenters. The van der Waals surface area contributed by atoms with Crippen molar-refractivity contribution in [1.29, 1.82) is 0 Å². The van der Waals surface area contributed by atoms with Gasteiger partial charge in [0.2, 0.25) is 0 Å². The molecular weight excluding hydrogens is 353 g/mol. The predicted molar refractivity (Wildman–Crippen MR) is 98.8 cm³/mol. The van der Waals surface area contributed by atoms with Gasteiger partial charge in [0.1, 0.15) is 10.8 Å². The van der Waals surface area contributed by atoms with Crippen LogP contribution in [0.2, 0.25) is 10.0 Å². The highest BCUT2D eigenvalue weighted by Crippen LogP contribution is 2.38. The van der Waals surface area contributed by atoms with Crippen molar-refractivity contribution in [2.24, 2.45) is 10.4 Å². The molecule has 6 heteroatoms. The number of halogens is 2. The van der Waals surface area contributed by atoms with E-state index in [-0.39, 0.29) is 17.0 Å². The van der Waals surface area contributed by atoms with Crippen LogP contribution in [-0.4, -0.2) is 23.0 Å². The number of Topliss-reactive ketones (excluding diaryl/α,β-unsaturated/α-hetero) is 1. The van der Waals surface area contributed by atoms with Gasteiger partial charge in [-0.1, -0.05) is 43.1 Å². The van der Waals surface area contributed by atoms with Crippen molar-refractivity contribution in [2.45, 2.75) is 32.4 Å². The quantitative estimate of drug-likeness (QED) is 0.566. The van der Waals surface area contributed by atoms with Gasteiger partial charge in [-0.2, -0.15) is 0 Å². The van der Waals surface area contributed by atoms with Gasteiger partial charge in [-0.15, -0.1) is 11.8 Å². The van der Waals surface area contributed by atoms with Gasteiger partial charge in [0.25, 0.3) is 0 Å². The lowest BCUT2D eigenvalue weighted by molar-refractivity contribution is -0.117. The van der Waals surface area contributed by atoms with Gasteiger partial charge >= 0.3 is 0 Å². The highest BCUT2D eigenvalue weighted by Gasteiger charge is 2.35. The molecule has 0 radical (unpaired) electrons. The van der Waals surface area contributed by atoms with Gasteiger partial charge in [-0.25, -0.2) is 0 Å². The van der Waals surface area contributed by atoms with E-state index in [0.717, 1.165) is 5.56 Å². The summed E-state index contributed by atoms with van der Waals surface area (Å²) in [7, 11) is 1.63. The average molecular weight is 372 g/mol. The molecule has 0 heterocycles. The molecule has 0 fully saturated rings. The number of aliphatic imine (C=N–C) groups is 1. The summed E-state index contributed by atoms with van der Waals surface area (Å²) in [6, 6.07) is 5.42. The second-order valence-corrected chi connectivity index (χ2v) is 8.11. The number of thioether (sulfide) groups is 1. The molecule has 0 aliphatic heterocycles. The van der Waals surface area contributed by atoms with Crippen molar-refractivity contribution < 1.29 is 9.90 Å². The Morgan fingerprint density at radius 1 is 1.30 bits per heavy atom. The number of hydrogen-bond donors (Lipinski definition) is 1. The highest BCUT2D eigenvalue weighted by molar-refractivity contribution is 8.13. The number of ketones is 1. The number of carbonyl (C=O) groups excluding carboxylic acids is 1.